The van der Waals surface area contributed by atoms with Gasteiger partial charge in [-0.2, -0.15) is 4.31 Å². The number of fused-ring (bicyclic) bond motifs is 2. The molecule has 0 radical (unpaired) electrons. The average Bonchev–Trinajstić information content (AvgIpc) is 3.64. The van der Waals surface area contributed by atoms with Crippen LogP contribution in [0.5, 0.6) is 0 Å². The van der Waals surface area contributed by atoms with Gasteiger partial charge in [0, 0.05) is 31.4 Å². The van der Waals surface area contributed by atoms with Crippen molar-refractivity contribution in [2.24, 2.45) is 11.8 Å². The highest BCUT2D eigenvalue weighted by atomic mass is 32.2. The van der Waals surface area contributed by atoms with Gasteiger partial charge in [-0.1, -0.05) is 37.5 Å². The van der Waals surface area contributed by atoms with Gasteiger partial charge in [0.15, 0.2) is 0 Å². The zero-order chi connectivity index (χ0) is 27.9. The predicted octanol–water partition coefficient (Wildman–Crippen LogP) is 1.11. The molecular formula is C28H41N5O5S. The van der Waals surface area contributed by atoms with Crippen molar-refractivity contribution in [2.45, 2.75) is 76.0 Å². The molecule has 39 heavy (non-hydrogen) atoms. The number of para-hydroxylation sites is 1. The molecule has 1 saturated carbocycles. The van der Waals surface area contributed by atoms with E-state index in [0.717, 1.165) is 49.8 Å². The maximum Gasteiger partial charge on any atom is 0.245 e. The molecule has 214 valence electrons. The lowest BCUT2D eigenvalue weighted by Crippen LogP contribution is -2.58. The van der Waals surface area contributed by atoms with Crippen molar-refractivity contribution in [3.05, 3.63) is 29.8 Å². The van der Waals surface area contributed by atoms with Crippen LogP contribution in [0.15, 0.2) is 24.3 Å². The normalized spacial score (nSPS) is 27.2. The number of hydrogen-bond acceptors (Lipinski definition) is 6. The maximum atomic E-state index is 14.3. The second kappa shape index (κ2) is 11.2. The van der Waals surface area contributed by atoms with E-state index in [9.17, 15) is 22.8 Å². The number of likely N-dealkylation sites (N-methyl/N-ethyl adjacent to an activating group) is 1. The number of hydrogen-bond donors (Lipinski definition) is 2. The summed E-state index contributed by atoms with van der Waals surface area (Å²) in [5, 5.41) is 5.97. The molecule has 3 heterocycles. The first-order valence-corrected chi connectivity index (χ1v) is 16.1. The van der Waals surface area contributed by atoms with Crippen LogP contribution in [0, 0.1) is 11.8 Å². The van der Waals surface area contributed by atoms with Gasteiger partial charge < -0.3 is 20.4 Å². The van der Waals surface area contributed by atoms with Gasteiger partial charge in [0.1, 0.15) is 6.04 Å². The Kier molecular flexibility index (Phi) is 8.03. The first kappa shape index (κ1) is 28.0. The highest BCUT2D eigenvalue weighted by molar-refractivity contribution is 7.88. The van der Waals surface area contributed by atoms with Crippen molar-refractivity contribution in [2.75, 3.05) is 37.8 Å². The molecule has 0 aromatic heterocycles. The lowest BCUT2D eigenvalue weighted by atomic mass is 9.83. The predicted molar refractivity (Wildman–Crippen MR) is 148 cm³/mol. The molecule has 11 heteroatoms. The van der Waals surface area contributed by atoms with Crippen LogP contribution in [0.4, 0.5) is 5.69 Å². The summed E-state index contributed by atoms with van der Waals surface area (Å²) in [6.45, 7) is 2.72. The van der Waals surface area contributed by atoms with E-state index in [1.807, 2.05) is 24.3 Å². The molecule has 10 nitrogen and oxygen atoms in total. The number of sulfonamides is 1. The van der Waals surface area contributed by atoms with Crippen LogP contribution in [-0.4, -0.2) is 92.4 Å². The Morgan fingerprint density at radius 3 is 2.44 bits per heavy atom. The van der Waals surface area contributed by atoms with E-state index in [-0.39, 0.29) is 30.2 Å². The van der Waals surface area contributed by atoms with Gasteiger partial charge in [-0.05, 0) is 57.2 Å². The van der Waals surface area contributed by atoms with Crippen molar-refractivity contribution in [3.8, 4) is 0 Å². The summed E-state index contributed by atoms with van der Waals surface area (Å²) in [6.07, 6.45) is 7.25. The van der Waals surface area contributed by atoms with Crippen LogP contribution in [0.2, 0.25) is 0 Å². The Hall–Kier alpha value is -2.50. The Balaban J connectivity index is 1.45. The topological polar surface area (TPSA) is 119 Å². The molecule has 2 saturated heterocycles. The Morgan fingerprint density at radius 1 is 1.03 bits per heavy atom. The van der Waals surface area contributed by atoms with Crippen molar-refractivity contribution in [3.63, 3.8) is 0 Å². The second-order valence-corrected chi connectivity index (χ2v) is 13.5. The smallest absolute Gasteiger partial charge is 0.245 e. The Morgan fingerprint density at radius 2 is 1.74 bits per heavy atom. The molecule has 0 spiro atoms. The molecule has 3 fully saturated rings. The zero-order valence-corrected chi connectivity index (χ0v) is 24.0. The van der Waals surface area contributed by atoms with Gasteiger partial charge in [-0.3, -0.25) is 14.4 Å². The van der Waals surface area contributed by atoms with E-state index in [1.54, 1.807) is 23.8 Å². The minimum Gasteiger partial charge on any atom is -0.343 e. The van der Waals surface area contributed by atoms with Gasteiger partial charge in [0.2, 0.25) is 27.7 Å². The fraction of sp³-hybridized carbons (Fsp3) is 0.679. The fourth-order valence-electron chi connectivity index (χ4n) is 7.10. The third-order valence-electron chi connectivity index (χ3n) is 9.27. The Labute approximate surface area is 231 Å². The van der Waals surface area contributed by atoms with Crippen LogP contribution >= 0.6 is 0 Å². The molecule has 1 aliphatic carbocycles. The standard InChI is InChI=1S/C28H41N5O5S/c1-18(29-2)26(34)30-24(20-10-5-4-6-11-20)28(36)32-16-14-23-25(32)21(17-33(23)39(3,37)38)27(35)31-15-13-19-9-7-8-12-22(19)31/h7-9,12,18,20-21,23-25,29H,4-6,10-11,13-17H2,1-3H3,(H,30,34)/t18-,21+,23-,24+,25-/m1/s1. The molecule has 0 unspecified atom stereocenters. The van der Waals surface area contributed by atoms with Crippen LogP contribution in [-0.2, 0) is 30.8 Å². The van der Waals surface area contributed by atoms with Crippen molar-refractivity contribution < 1.29 is 22.8 Å². The molecule has 1 aromatic rings. The van der Waals surface area contributed by atoms with E-state index in [2.05, 4.69) is 10.6 Å². The van der Waals surface area contributed by atoms with Gasteiger partial charge in [-0.15, -0.1) is 0 Å². The monoisotopic (exact) mass is 559 g/mol. The van der Waals surface area contributed by atoms with E-state index < -0.39 is 40.1 Å². The first-order chi connectivity index (χ1) is 18.6. The number of rotatable bonds is 7. The lowest BCUT2D eigenvalue weighted by molar-refractivity contribution is -0.141. The fourth-order valence-corrected chi connectivity index (χ4v) is 8.26. The van der Waals surface area contributed by atoms with Crippen molar-refractivity contribution in [1.29, 1.82) is 0 Å². The summed E-state index contributed by atoms with van der Waals surface area (Å²) in [6, 6.07) is 5.64. The van der Waals surface area contributed by atoms with E-state index in [0.29, 0.717) is 19.5 Å². The minimum absolute atomic E-state index is 0.0188. The first-order valence-electron chi connectivity index (χ1n) is 14.3. The summed E-state index contributed by atoms with van der Waals surface area (Å²) in [5.41, 5.74) is 1.96. The number of nitrogens with zero attached hydrogens (tertiary/aromatic N) is 3. The quantitative estimate of drug-likeness (QED) is 0.517. The van der Waals surface area contributed by atoms with Crippen LogP contribution < -0.4 is 15.5 Å². The molecule has 5 atom stereocenters. The third kappa shape index (κ3) is 5.32. The summed E-state index contributed by atoms with van der Waals surface area (Å²) < 4.78 is 27.0. The van der Waals surface area contributed by atoms with Gasteiger partial charge in [-0.25, -0.2) is 8.42 Å². The number of nitrogens with one attached hydrogen (secondary N) is 2. The van der Waals surface area contributed by atoms with E-state index >= 15 is 0 Å². The largest absolute Gasteiger partial charge is 0.343 e. The highest BCUT2D eigenvalue weighted by Gasteiger charge is 2.57. The van der Waals surface area contributed by atoms with Crippen LogP contribution in [0.1, 0.15) is 51.0 Å². The second-order valence-electron chi connectivity index (χ2n) is 11.6. The molecule has 4 aliphatic rings. The van der Waals surface area contributed by atoms with Crippen molar-refractivity contribution >= 4 is 33.4 Å². The highest BCUT2D eigenvalue weighted by Crippen LogP contribution is 2.41. The molecule has 2 N–H and O–H groups in total. The number of anilines is 1. The number of carbonyl (C=O) groups is 3. The van der Waals surface area contributed by atoms with Crippen LogP contribution in [0.25, 0.3) is 0 Å². The molecule has 3 amide bonds. The zero-order valence-electron chi connectivity index (χ0n) is 23.1. The lowest BCUT2D eigenvalue weighted by Gasteiger charge is -2.37. The van der Waals surface area contributed by atoms with Crippen LogP contribution in [0.3, 0.4) is 0 Å². The minimum atomic E-state index is -3.58. The molecular weight excluding hydrogens is 518 g/mol. The summed E-state index contributed by atoms with van der Waals surface area (Å²) in [5.74, 6) is -1.21. The summed E-state index contributed by atoms with van der Waals surface area (Å²) in [7, 11) is -1.88. The third-order valence-corrected chi connectivity index (χ3v) is 10.5. The summed E-state index contributed by atoms with van der Waals surface area (Å²) >= 11 is 0. The molecule has 1 aromatic carbocycles. The number of carbonyl (C=O) groups excluding carboxylic acids is 3. The van der Waals surface area contributed by atoms with Crippen molar-refractivity contribution in [1.82, 2.24) is 19.8 Å². The average molecular weight is 560 g/mol. The Bertz CT molecular complexity index is 1220. The van der Waals surface area contributed by atoms with Gasteiger partial charge in [0.05, 0.1) is 24.3 Å². The number of benzene rings is 1. The SMILES string of the molecule is CN[C@H](C)C(=O)N[C@H](C(=O)N1CC[C@@H]2[C@H]1[C@@H](C(=O)N1CCc3ccccc31)CN2S(C)(=O)=O)C1CCCCC1. The number of amides is 3. The van der Waals surface area contributed by atoms with E-state index in [1.165, 1.54) is 10.6 Å². The van der Waals surface area contributed by atoms with E-state index in [4.69, 9.17) is 0 Å². The molecule has 0 bridgehead atoms. The summed E-state index contributed by atoms with van der Waals surface area (Å²) in [4.78, 5) is 44.8. The van der Waals surface area contributed by atoms with Gasteiger partial charge in [0.25, 0.3) is 0 Å². The van der Waals surface area contributed by atoms with Gasteiger partial charge >= 0.3 is 0 Å². The molecule has 3 aliphatic heterocycles. The number of likely N-dealkylation sites (tertiary alicyclic amines) is 1. The maximum absolute atomic E-state index is 14.3. The molecule has 5 rings (SSSR count).